The van der Waals surface area contributed by atoms with Crippen molar-refractivity contribution in [2.45, 2.75) is 26.2 Å². The molecule has 0 saturated heterocycles. The highest BCUT2D eigenvalue weighted by Gasteiger charge is 2.41. The summed E-state index contributed by atoms with van der Waals surface area (Å²) in [7, 11) is 1.72. The van der Waals surface area contributed by atoms with Crippen LogP contribution >= 0.6 is 0 Å². The lowest BCUT2D eigenvalue weighted by atomic mass is 9.93. The van der Waals surface area contributed by atoms with Crippen molar-refractivity contribution >= 4 is 0 Å². The van der Waals surface area contributed by atoms with Crippen molar-refractivity contribution in [1.82, 2.24) is 0 Å². The van der Waals surface area contributed by atoms with Gasteiger partial charge in [0.15, 0.2) is 0 Å². The average molecular weight is 205 g/mol. The van der Waals surface area contributed by atoms with Crippen molar-refractivity contribution in [3.63, 3.8) is 0 Å². The van der Waals surface area contributed by atoms with Crippen LogP contribution in [0.25, 0.3) is 0 Å². The molecule has 0 amide bonds. The molecule has 2 N–H and O–H groups in total. The van der Waals surface area contributed by atoms with Crippen LogP contribution in [0.1, 0.15) is 24.0 Å². The van der Waals surface area contributed by atoms with Gasteiger partial charge in [-0.3, -0.25) is 0 Å². The van der Waals surface area contributed by atoms with Crippen molar-refractivity contribution in [3.05, 3.63) is 29.3 Å². The van der Waals surface area contributed by atoms with E-state index in [9.17, 15) is 0 Å². The first kappa shape index (κ1) is 10.5. The highest BCUT2D eigenvalue weighted by atomic mass is 16.5. The number of rotatable bonds is 4. The van der Waals surface area contributed by atoms with Crippen molar-refractivity contribution in [1.29, 1.82) is 0 Å². The van der Waals surface area contributed by atoms with E-state index in [0.717, 1.165) is 18.7 Å². The van der Waals surface area contributed by atoms with Crippen LogP contribution in [-0.2, 0) is 6.42 Å². The second-order valence-electron chi connectivity index (χ2n) is 4.63. The van der Waals surface area contributed by atoms with Crippen LogP contribution in [0.15, 0.2) is 18.2 Å². The third kappa shape index (κ3) is 2.00. The van der Waals surface area contributed by atoms with Gasteiger partial charge in [0, 0.05) is 0 Å². The molecule has 2 nitrogen and oxygen atoms in total. The minimum absolute atomic E-state index is 0.400. The molecule has 0 atom stereocenters. The summed E-state index contributed by atoms with van der Waals surface area (Å²) in [6, 6.07) is 6.27. The largest absolute Gasteiger partial charge is 0.496 e. The zero-order chi connectivity index (χ0) is 10.9. The van der Waals surface area contributed by atoms with E-state index in [1.807, 2.05) is 6.07 Å². The lowest BCUT2D eigenvalue weighted by Crippen LogP contribution is -2.18. The molecule has 0 spiro atoms. The molecule has 0 aliphatic heterocycles. The fourth-order valence-electron chi connectivity index (χ4n) is 2.11. The zero-order valence-corrected chi connectivity index (χ0v) is 9.55. The van der Waals surface area contributed by atoms with Crippen molar-refractivity contribution < 1.29 is 4.74 Å². The summed E-state index contributed by atoms with van der Waals surface area (Å²) in [6.07, 6.45) is 3.66. The summed E-state index contributed by atoms with van der Waals surface area (Å²) in [4.78, 5) is 0. The topological polar surface area (TPSA) is 35.2 Å². The van der Waals surface area contributed by atoms with Gasteiger partial charge in [0.1, 0.15) is 5.75 Å². The maximum absolute atomic E-state index is 5.81. The van der Waals surface area contributed by atoms with Gasteiger partial charge in [0.05, 0.1) is 7.11 Å². The van der Waals surface area contributed by atoms with E-state index in [4.69, 9.17) is 10.5 Å². The predicted molar refractivity (Wildman–Crippen MR) is 62.2 cm³/mol. The Hall–Kier alpha value is -1.02. The Morgan fingerprint density at radius 2 is 2.13 bits per heavy atom. The molecule has 0 radical (unpaired) electrons. The summed E-state index contributed by atoms with van der Waals surface area (Å²) in [5.74, 6) is 0.986. The standard InChI is InChI=1S/C13H19NO/c1-10-11(4-3-5-12(10)15-2)8-13(9-14)6-7-13/h3-5H,6-9,14H2,1-2H3. The summed E-state index contributed by atoms with van der Waals surface area (Å²) in [5.41, 5.74) is 8.86. The number of nitrogens with two attached hydrogens (primary N) is 1. The molecular weight excluding hydrogens is 186 g/mol. The van der Waals surface area contributed by atoms with Crippen LogP contribution in [0.4, 0.5) is 0 Å². The van der Waals surface area contributed by atoms with Gasteiger partial charge in [-0.1, -0.05) is 12.1 Å². The van der Waals surface area contributed by atoms with E-state index in [-0.39, 0.29) is 0 Å². The molecular formula is C13H19NO. The van der Waals surface area contributed by atoms with Gasteiger partial charge in [-0.05, 0) is 55.3 Å². The summed E-state index contributed by atoms with van der Waals surface area (Å²) in [5, 5.41) is 0. The maximum atomic E-state index is 5.81. The number of benzene rings is 1. The smallest absolute Gasteiger partial charge is 0.122 e. The molecule has 0 bridgehead atoms. The van der Waals surface area contributed by atoms with Gasteiger partial charge in [-0.15, -0.1) is 0 Å². The Balaban J connectivity index is 2.21. The van der Waals surface area contributed by atoms with Crippen LogP contribution in [-0.4, -0.2) is 13.7 Å². The van der Waals surface area contributed by atoms with Crippen LogP contribution in [0.3, 0.4) is 0 Å². The van der Waals surface area contributed by atoms with Gasteiger partial charge in [0.2, 0.25) is 0 Å². The Labute approximate surface area is 91.4 Å². The molecule has 1 aliphatic rings. The van der Waals surface area contributed by atoms with Gasteiger partial charge in [-0.2, -0.15) is 0 Å². The number of hydrogen-bond donors (Lipinski definition) is 1. The van der Waals surface area contributed by atoms with Crippen LogP contribution in [0.2, 0.25) is 0 Å². The molecule has 1 aromatic carbocycles. The fraction of sp³-hybridized carbons (Fsp3) is 0.538. The Bertz CT molecular complexity index is 356. The van der Waals surface area contributed by atoms with E-state index in [0.29, 0.717) is 5.41 Å². The third-order valence-electron chi connectivity index (χ3n) is 3.57. The lowest BCUT2D eigenvalue weighted by Gasteiger charge is -2.15. The minimum atomic E-state index is 0.400. The first-order valence-corrected chi connectivity index (χ1v) is 5.53. The van der Waals surface area contributed by atoms with Crippen LogP contribution in [0.5, 0.6) is 5.75 Å². The second-order valence-corrected chi connectivity index (χ2v) is 4.63. The summed E-state index contributed by atoms with van der Waals surface area (Å²) < 4.78 is 5.32. The first-order chi connectivity index (χ1) is 7.21. The fourth-order valence-corrected chi connectivity index (χ4v) is 2.11. The summed E-state index contributed by atoms with van der Waals surface area (Å²) >= 11 is 0. The first-order valence-electron chi connectivity index (χ1n) is 5.53. The molecule has 2 heteroatoms. The number of hydrogen-bond acceptors (Lipinski definition) is 2. The maximum Gasteiger partial charge on any atom is 0.122 e. The molecule has 82 valence electrons. The van der Waals surface area contributed by atoms with Crippen molar-refractivity contribution in [2.24, 2.45) is 11.1 Å². The molecule has 0 aromatic heterocycles. The molecule has 1 aliphatic carbocycles. The zero-order valence-electron chi connectivity index (χ0n) is 9.55. The van der Waals surface area contributed by atoms with E-state index in [2.05, 4.69) is 19.1 Å². The number of ether oxygens (including phenoxy) is 1. The second kappa shape index (κ2) is 3.86. The molecule has 1 fully saturated rings. The van der Waals surface area contributed by atoms with Gasteiger partial charge in [0.25, 0.3) is 0 Å². The highest BCUT2D eigenvalue weighted by Crippen LogP contribution is 2.48. The number of methoxy groups -OCH3 is 1. The third-order valence-corrected chi connectivity index (χ3v) is 3.57. The monoisotopic (exact) mass is 205 g/mol. The predicted octanol–water partition coefficient (Wildman–Crippen LogP) is 2.29. The Morgan fingerprint density at radius 1 is 1.40 bits per heavy atom. The quantitative estimate of drug-likeness (QED) is 0.818. The van der Waals surface area contributed by atoms with E-state index in [1.54, 1.807) is 7.11 Å². The van der Waals surface area contributed by atoms with E-state index < -0.39 is 0 Å². The van der Waals surface area contributed by atoms with Gasteiger partial charge in [-0.25, -0.2) is 0 Å². The van der Waals surface area contributed by atoms with Crippen molar-refractivity contribution in [3.8, 4) is 5.75 Å². The molecule has 1 saturated carbocycles. The molecule has 0 heterocycles. The Morgan fingerprint density at radius 3 is 2.67 bits per heavy atom. The molecule has 0 unspecified atom stereocenters. The minimum Gasteiger partial charge on any atom is -0.496 e. The lowest BCUT2D eigenvalue weighted by molar-refractivity contribution is 0.410. The molecule has 15 heavy (non-hydrogen) atoms. The SMILES string of the molecule is COc1cccc(CC2(CN)CC2)c1C. The average Bonchev–Trinajstić information content (AvgIpc) is 3.02. The molecule has 1 aromatic rings. The highest BCUT2D eigenvalue weighted by molar-refractivity contribution is 5.40. The van der Waals surface area contributed by atoms with E-state index >= 15 is 0 Å². The normalized spacial score (nSPS) is 17.5. The summed E-state index contributed by atoms with van der Waals surface area (Å²) in [6.45, 7) is 2.93. The Kier molecular flexibility index (Phi) is 2.70. The van der Waals surface area contributed by atoms with Crippen LogP contribution < -0.4 is 10.5 Å². The van der Waals surface area contributed by atoms with Gasteiger partial charge >= 0.3 is 0 Å². The van der Waals surface area contributed by atoms with Crippen LogP contribution in [0, 0.1) is 12.3 Å². The van der Waals surface area contributed by atoms with Crippen molar-refractivity contribution in [2.75, 3.05) is 13.7 Å². The molecule has 2 rings (SSSR count). The van der Waals surface area contributed by atoms with E-state index in [1.165, 1.54) is 24.0 Å². The van der Waals surface area contributed by atoms with Gasteiger partial charge < -0.3 is 10.5 Å².